The van der Waals surface area contributed by atoms with Crippen molar-refractivity contribution in [1.29, 1.82) is 0 Å². The molecule has 1 heterocycles. The summed E-state index contributed by atoms with van der Waals surface area (Å²) in [6, 6.07) is 9.38. The van der Waals surface area contributed by atoms with Gasteiger partial charge in [0.1, 0.15) is 16.8 Å². The van der Waals surface area contributed by atoms with E-state index in [1.165, 1.54) is 12.1 Å². The number of hydrogen-bond acceptors (Lipinski definition) is 3. The molecule has 0 saturated heterocycles. The Morgan fingerprint density at radius 1 is 1.33 bits per heavy atom. The van der Waals surface area contributed by atoms with Crippen LogP contribution in [-0.2, 0) is 6.54 Å². The summed E-state index contributed by atoms with van der Waals surface area (Å²) in [5, 5.41) is 5.88. The molecule has 0 fully saturated rings. The third-order valence-corrected chi connectivity index (χ3v) is 3.01. The van der Waals surface area contributed by atoms with Crippen molar-refractivity contribution < 1.29 is 9.18 Å². The molecule has 0 aliphatic carbocycles. The van der Waals surface area contributed by atoms with Gasteiger partial charge in [0.15, 0.2) is 0 Å². The van der Waals surface area contributed by atoms with Crippen LogP contribution in [0.15, 0.2) is 36.4 Å². The van der Waals surface area contributed by atoms with Crippen molar-refractivity contribution in [2.45, 2.75) is 13.5 Å². The van der Waals surface area contributed by atoms with Gasteiger partial charge in [-0.25, -0.2) is 9.37 Å². The molecule has 0 radical (unpaired) electrons. The van der Waals surface area contributed by atoms with Crippen molar-refractivity contribution in [3.63, 3.8) is 0 Å². The number of carbonyl (C=O) groups is 1. The lowest BCUT2D eigenvalue weighted by Gasteiger charge is -2.08. The molecule has 1 aromatic carbocycles. The summed E-state index contributed by atoms with van der Waals surface area (Å²) in [5.74, 6) is -0.151. The lowest BCUT2D eigenvalue weighted by Crippen LogP contribution is -2.23. The molecule has 0 spiro atoms. The summed E-state index contributed by atoms with van der Waals surface area (Å²) in [4.78, 5) is 16.1. The molecule has 0 atom stereocenters. The van der Waals surface area contributed by atoms with Crippen LogP contribution in [0.5, 0.6) is 0 Å². The second-order valence-corrected chi connectivity index (χ2v) is 4.76. The molecular formula is C15H15ClFN3O. The first-order valence-electron chi connectivity index (χ1n) is 6.53. The van der Waals surface area contributed by atoms with E-state index >= 15 is 0 Å². The number of anilines is 1. The largest absolute Gasteiger partial charge is 0.370 e. The molecule has 4 nitrogen and oxygen atoms in total. The first-order chi connectivity index (χ1) is 10.1. The fourth-order valence-electron chi connectivity index (χ4n) is 1.82. The highest BCUT2D eigenvalue weighted by Crippen LogP contribution is 2.15. The molecule has 110 valence electrons. The van der Waals surface area contributed by atoms with Crippen molar-refractivity contribution in [2.24, 2.45) is 0 Å². The van der Waals surface area contributed by atoms with Crippen LogP contribution < -0.4 is 10.6 Å². The Hall–Kier alpha value is -2.14. The summed E-state index contributed by atoms with van der Waals surface area (Å²) in [7, 11) is 0. The maximum Gasteiger partial charge on any atom is 0.251 e. The van der Waals surface area contributed by atoms with Gasteiger partial charge in [0.25, 0.3) is 5.91 Å². The Morgan fingerprint density at radius 3 is 2.81 bits per heavy atom. The fourth-order valence-corrected chi connectivity index (χ4v) is 2.03. The van der Waals surface area contributed by atoms with E-state index in [0.29, 0.717) is 23.5 Å². The number of halogens is 2. The molecule has 6 heteroatoms. The van der Waals surface area contributed by atoms with Gasteiger partial charge in [-0.05, 0) is 25.1 Å². The maximum atomic E-state index is 13.5. The monoisotopic (exact) mass is 307 g/mol. The quantitative estimate of drug-likeness (QED) is 0.834. The molecule has 21 heavy (non-hydrogen) atoms. The van der Waals surface area contributed by atoms with Crippen LogP contribution in [0.3, 0.4) is 0 Å². The van der Waals surface area contributed by atoms with Gasteiger partial charge in [0.05, 0.1) is 0 Å². The van der Waals surface area contributed by atoms with E-state index in [1.807, 2.05) is 6.92 Å². The number of aromatic nitrogens is 1. The summed E-state index contributed by atoms with van der Waals surface area (Å²) >= 11 is 5.88. The van der Waals surface area contributed by atoms with Gasteiger partial charge in [-0.1, -0.05) is 29.8 Å². The number of nitrogens with zero attached hydrogens (tertiary/aromatic N) is 1. The molecule has 0 aliphatic heterocycles. The highest BCUT2D eigenvalue weighted by molar-refractivity contribution is 6.29. The van der Waals surface area contributed by atoms with Crippen LogP contribution in [0.25, 0.3) is 0 Å². The fraction of sp³-hybridized carbons (Fsp3) is 0.200. The summed E-state index contributed by atoms with van der Waals surface area (Å²) in [6.45, 7) is 2.70. The van der Waals surface area contributed by atoms with Crippen molar-refractivity contribution in [2.75, 3.05) is 11.9 Å². The molecule has 2 aromatic rings. The second-order valence-electron chi connectivity index (χ2n) is 4.37. The van der Waals surface area contributed by atoms with Crippen LogP contribution in [0.4, 0.5) is 10.2 Å². The highest BCUT2D eigenvalue weighted by Gasteiger charge is 2.10. The summed E-state index contributed by atoms with van der Waals surface area (Å²) in [5.41, 5.74) is 0.806. The number of benzene rings is 1. The van der Waals surface area contributed by atoms with Crippen LogP contribution in [0, 0.1) is 5.82 Å². The molecular weight excluding hydrogens is 293 g/mol. The van der Waals surface area contributed by atoms with E-state index in [0.717, 1.165) is 0 Å². The van der Waals surface area contributed by atoms with Gasteiger partial charge in [0.2, 0.25) is 0 Å². The number of nitrogens with one attached hydrogen (secondary N) is 2. The normalized spacial score (nSPS) is 10.2. The Bertz CT molecular complexity index is 649. The first-order valence-corrected chi connectivity index (χ1v) is 6.91. The van der Waals surface area contributed by atoms with E-state index in [-0.39, 0.29) is 23.4 Å². The van der Waals surface area contributed by atoms with Gasteiger partial charge >= 0.3 is 0 Å². The predicted molar refractivity (Wildman–Crippen MR) is 81.0 cm³/mol. The first kappa shape index (κ1) is 15.3. The summed E-state index contributed by atoms with van der Waals surface area (Å²) < 4.78 is 13.5. The molecule has 1 aromatic heterocycles. The average molecular weight is 308 g/mol. The van der Waals surface area contributed by atoms with E-state index in [1.54, 1.807) is 24.3 Å². The zero-order valence-corrected chi connectivity index (χ0v) is 12.2. The highest BCUT2D eigenvalue weighted by atomic mass is 35.5. The molecule has 2 N–H and O–H groups in total. The Balaban J connectivity index is 2.08. The van der Waals surface area contributed by atoms with Gasteiger partial charge in [0, 0.05) is 24.2 Å². The average Bonchev–Trinajstić information content (AvgIpc) is 2.46. The molecule has 1 amide bonds. The Kier molecular flexibility index (Phi) is 5.11. The van der Waals surface area contributed by atoms with Crippen molar-refractivity contribution >= 4 is 23.3 Å². The minimum absolute atomic E-state index is 0.113. The molecule has 0 bridgehead atoms. The van der Waals surface area contributed by atoms with Gasteiger partial charge in [-0.3, -0.25) is 4.79 Å². The van der Waals surface area contributed by atoms with Gasteiger partial charge in [-0.2, -0.15) is 0 Å². The SMILES string of the molecule is CCNc1cc(C(=O)NCc2ccccc2F)cc(Cl)n1. The zero-order chi connectivity index (χ0) is 15.2. The van der Waals surface area contributed by atoms with Crippen LogP contribution in [0.2, 0.25) is 5.15 Å². The minimum atomic E-state index is -0.348. The third-order valence-electron chi connectivity index (χ3n) is 2.81. The number of carbonyl (C=O) groups excluding carboxylic acids is 1. The molecule has 0 saturated carbocycles. The van der Waals surface area contributed by atoms with Crippen molar-refractivity contribution in [3.8, 4) is 0 Å². The Labute approximate surface area is 127 Å². The summed E-state index contributed by atoms with van der Waals surface area (Å²) in [6.07, 6.45) is 0. The van der Waals surface area contributed by atoms with E-state index in [4.69, 9.17) is 11.6 Å². The topological polar surface area (TPSA) is 54.0 Å². The van der Waals surface area contributed by atoms with Crippen molar-refractivity contribution in [3.05, 3.63) is 58.5 Å². The second kappa shape index (κ2) is 7.04. The zero-order valence-electron chi connectivity index (χ0n) is 11.5. The van der Waals surface area contributed by atoms with E-state index in [9.17, 15) is 9.18 Å². The maximum absolute atomic E-state index is 13.5. The number of pyridine rings is 1. The number of amides is 1. The van der Waals surface area contributed by atoms with E-state index in [2.05, 4.69) is 15.6 Å². The standard InChI is InChI=1S/C15H15ClFN3O/c1-2-18-14-8-11(7-13(16)20-14)15(21)19-9-10-5-3-4-6-12(10)17/h3-8H,2,9H2,1H3,(H,18,20)(H,19,21). The minimum Gasteiger partial charge on any atom is -0.370 e. The smallest absolute Gasteiger partial charge is 0.251 e. The molecule has 2 rings (SSSR count). The van der Waals surface area contributed by atoms with Gasteiger partial charge in [-0.15, -0.1) is 0 Å². The predicted octanol–water partition coefficient (Wildman–Crippen LogP) is 3.24. The van der Waals surface area contributed by atoms with Gasteiger partial charge < -0.3 is 10.6 Å². The van der Waals surface area contributed by atoms with Crippen LogP contribution in [-0.4, -0.2) is 17.4 Å². The number of hydrogen-bond donors (Lipinski definition) is 2. The lowest BCUT2D eigenvalue weighted by molar-refractivity contribution is 0.0950. The number of rotatable bonds is 5. The lowest BCUT2D eigenvalue weighted by atomic mass is 10.2. The molecule has 0 aliphatic rings. The van der Waals surface area contributed by atoms with Crippen LogP contribution in [0.1, 0.15) is 22.8 Å². The third kappa shape index (κ3) is 4.16. The van der Waals surface area contributed by atoms with E-state index < -0.39 is 0 Å². The molecule has 0 unspecified atom stereocenters. The van der Waals surface area contributed by atoms with Crippen LogP contribution >= 0.6 is 11.6 Å². The van der Waals surface area contributed by atoms with Crippen molar-refractivity contribution in [1.82, 2.24) is 10.3 Å². The Morgan fingerprint density at radius 2 is 2.10 bits per heavy atom.